The summed E-state index contributed by atoms with van der Waals surface area (Å²) in [5, 5.41) is 7.38. The molecule has 0 bridgehead atoms. The van der Waals surface area contributed by atoms with Crippen molar-refractivity contribution in [2.45, 2.75) is 72.9 Å². The van der Waals surface area contributed by atoms with Gasteiger partial charge in [-0.25, -0.2) is 4.98 Å². The second-order valence-electron chi connectivity index (χ2n) is 10.7. The molecular formula is C31H37N5O2. The molecule has 0 saturated carbocycles. The molecule has 38 heavy (non-hydrogen) atoms. The van der Waals surface area contributed by atoms with Gasteiger partial charge in [0, 0.05) is 64.8 Å². The average Bonchev–Trinajstić information content (AvgIpc) is 3.24. The second kappa shape index (κ2) is 10.5. The molecule has 1 amide bonds. The SMILES string of the molecule is CCCc1cc(C)[nH]c(=O)c1CNC(=O)c1cc(-c2cnc3c(c2)CCCN3)cc2c1c(C)cn2C(C)C. The van der Waals surface area contributed by atoms with Gasteiger partial charge >= 0.3 is 0 Å². The number of pyridine rings is 2. The van der Waals surface area contributed by atoms with E-state index in [1.807, 2.05) is 32.2 Å². The van der Waals surface area contributed by atoms with E-state index in [0.717, 1.165) is 76.9 Å². The van der Waals surface area contributed by atoms with Crippen LogP contribution >= 0.6 is 0 Å². The van der Waals surface area contributed by atoms with Gasteiger partial charge in [-0.1, -0.05) is 13.3 Å². The molecule has 4 heterocycles. The molecular weight excluding hydrogens is 474 g/mol. The highest BCUT2D eigenvalue weighted by Crippen LogP contribution is 2.34. The monoisotopic (exact) mass is 511 g/mol. The molecule has 1 aliphatic heterocycles. The van der Waals surface area contributed by atoms with Crippen molar-refractivity contribution in [3.8, 4) is 11.1 Å². The molecule has 7 nitrogen and oxygen atoms in total. The number of aryl methyl sites for hydroxylation is 4. The number of nitrogens with one attached hydrogen (secondary N) is 3. The number of amides is 1. The molecule has 5 rings (SSSR count). The summed E-state index contributed by atoms with van der Waals surface area (Å²) >= 11 is 0. The number of aromatic nitrogens is 3. The molecule has 0 aliphatic carbocycles. The van der Waals surface area contributed by atoms with Crippen LogP contribution in [0.2, 0.25) is 0 Å². The number of benzene rings is 1. The summed E-state index contributed by atoms with van der Waals surface area (Å²) in [7, 11) is 0. The van der Waals surface area contributed by atoms with Gasteiger partial charge in [0.15, 0.2) is 0 Å². The van der Waals surface area contributed by atoms with Gasteiger partial charge in [-0.05, 0) is 93.5 Å². The van der Waals surface area contributed by atoms with Gasteiger partial charge in [-0.2, -0.15) is 0 Å². The van der Waals surface area contributed by atoms with Crippen LogP contribution in [-0.4, -0.2) is 27.0 Å². The van der Waals surface area contributed by atoms with Crippen LogP contribution in [0.15, 0.2) is 41.5 Å². The Balaban J connectivity index is 1.58. The number of nitrogens with zero attached hydrogens (tertiary/aromatic N) is 2. The lowest BCUT2D eigenvalue weighted by atomic mass is 9.96. The van der Waals surface area contributed by atoms with Gasteiger partial charge in [0.1, 0.15) is 5.82 Å². The standard InChI is InChI=1S/C31H37N5O2/c1-6-8-21-11-20(5)35-31(38)26(21)16-34-30(37)25-13-23(14-27-28(25)19(4)17-36(27)18(2)3)24-12-22-9-7-10-32-29(22)33-15-24/h11-15,17-18H,6-10,16H2,1-5H3,(H,32,33)(H,34,37)(H,35,38). The maximum atomic E-state index is 13.8. The number of rotatable bonds is 7. The Morgan fingerprint density at radius 3 is 2.74 bits per heavy atom. The Hall–Kier alpha value is -3.87. The van der Waals surface area contributed by atoms with Crippen LogP contribution in [0, 0.1) is 13.8 Å². The van der Waals surface area contributed by atoms with Crippen LogP contribution in [0.5, 0.6) is 0 Å². The van der Waals surface area contributed by atoms with Crippen LogP contribution in [-0.2, 0) is 19.4 Å². The highest BCUT2D eigenvalue weighted by atomic mass is 16.1. The summed E-state index contributed by atoms with van der Waals surface area (Å²) in [6.07, 6.45) is 7.81. The highest BCUT2D eigenvalue weighted by Gasteiger charge is 2.20. The number of H-pyrrole nitrogens is 1. The van der Waals surface area contributed by atoms with Crippen molar-refractivity contribution in [2.75, 3.05) is 11.9 Å². The number of carbonyl (C=O) groups excluding carboxylic acids is 1. The summed E-state index contributed by atoms with van der Waals surface area (Å²) in [6, 6.07) is 8.58. The number of aromatic amines is 1. The van der Waals surface area contributed by atoms with Gasteiger partial charge < -0.3 is 20.2 Å². The summed E-state index contributed by atoms with van der Waals surface area (Å²) < 4.78 is 2.22. The third kappa shape index (κ3) is 4.85. The molecule has 0 fully saturated rings. The van der Waals surface area contributed by atoms with Crippen LogP contribution in [0.4, 0.5) is 5.82 Å². The maximum Gasteiger partial charge on any atom is 0.253 e. The van der Waals surface area contributed by atoms with Gasteiger partial charge in [0.05, 0.1) is 0 Å². The summed E-state index contributed by atoms with van der Waals surface area (Å²) in [5.74, 6) is 0.767. The molecule has 7 heteroatoms. The van der Waals surface area contributed by atoms with Crippen molar-refractivity contribution in [1.82, 2.24) is 19.9 Å². The Morgan fingerprint density at radius 1 is 1.16 bits per heavy atom. The fourth-order valence-electron chi connectivity index (χ4n) is 5.60. The number of fused-ring (bicyclic) bond motifs is 2. The first-order chi connectivity index (χ1) is 18.3. The minimum Gasteiger partial charge on any atom is -0.370 e. The zero-order valence-corrected chi connectivity index (χ0v) is 23.0. The topological polar surface area (TPSA) is 91.8 Å². The molecule has 0 saturated heterocycles. The number of anilines is 1. The fraction of sp³-hybridized carbons (Fsp3) is 0.387. The van der Waals surface area contributed by atoms with Crippen molar-refractivity contribution in [1.29, 1.82) is 0 Å². The molecule has 0 atom stereocenters. The zero-order chi connectivity index (χ0) is 27.0. The Morgan fingerprint density at radius 2 is 1.97 bits per heavy atom. The van der Waals surface area contributed by atoms with E-state index in [4.69, 9.17) is 0 Å². The third-order valence-corrected chi connectivity index (χ3v) is 7.45. The molecule has 0 spiro atoms. The van der Waals surface area contributed by atoms with Crippen LogP contribution in [0.25, 0.3) is 22.0 Å². The lowest BCUT2D eigenvalue weighted by molar-refractivity contribution is 0.0952. The number of hydrogen-bond donors (Lipinski definition) is 3. The lowest BCUT2D eigenvalue weighted by Gasteiger charge is -2.18. The smallest absolute Gasteiger partial charge is 0.253 e. The minimum atomic E-state index is -0.184. The van der Waals surface area contributed by atoms with Crippen molar-refractivity contribution in [3.63, 3.8) is 0 Å². The Kier molecular flexibility index (Phi) is 7.11. The zero-order valence-electron chi connectivity index (χ0n) is 23.0. The lowest BCUT2D eigenvalue weighted by Crippen LogP contribution is -2.28. The molecule has 4 aromatic rings. The second-order valence-corrected chi connectivity index (χ2v) is 10.7. The predicted octanol–water partition coefficient (Wildman–Crippen LogP) is 5.83. The average molecular weight is 512 g/mol. The van der Waals surface area contributed by atoms with Crippen LogP contribution < -0.4 is 16.2 Å². The van der Waals surface area contributed by atoms with E-state index in [2.05, 4.69) is 64.3 Å². The van der Waals surface area contributed by atoms with E-state index in [9.17, 15) is 9.59 Å². The minimum absolute atomic E-state index is 0.136. The van der Waals surface area contributed by atoms with E-state index < -0.39 is 0 Å². The molecule has 0 radical (unpaired) electrons. The molecule has 198 valence electrons. The Bertz CT molecular complexity index is 1580. The van der Waals surface area contributed by atoms with Gasteiger partial charge in [-0.15, -0.1) is 0 Å². The van der Waals surface area contributed by atoms with E-state index in [1.165, 1.54) is 5.56 Å². The number of carbonyl (C=O) groups is 1. The quantitative estimate of drug-likeness (QED) is 0.291. The van der Waals surface area contributed by atoms with Crippen molar-refractivity contribution in [3.05, 3.63) is 80.5 Å². The van der Waals surface area contributed by atoms with Crippen molar-refractivity contribution < 1.29 is 4.79 Å². The van der Waals surface area contributed by atoms with Gasteiger partial charge in [-0.3, -0.25) is 9.59 Å². The first-order valence-corrected chi connectivity index (χ1v) is 13.6. The molecule has 1 aromatic carbocycles. The normalized spacial score (nSPS) is 13.0. The fourth-order valence-corrected chi connectivity index (χ4v) is 5.60. The molecule has 1 aliphatic rings. The van der Waals surface area contributed by atoms with E-state index >= 15 is 0 Å². The maximum absolute atomic E-state index is 13.8. The number of hydrogen-bond acceptors (Lipinski definition) is 4. The Labute approximate surface area is 223 Å². The molecule has 0 unspecified atom stereocenters. The van der Waals surface area contributed by atoms with E-state index in [0.29, 0.717) is 11.1 Å². The first kappa shape index (κ1) is 25.8. The van der Waals surface area contributed by atoms with Crippen LogP contribution in [0.3, 0.4) is 0 Å². The summed E-state index contributed by atoms with van der Waals surface area (Å²) in [6.45, 7) is 11.5. The van der Waals surface area contributed by atoms with Gasteiger partial charge in [0.2, 0.25) is 0 Å². The van der Waals surface area contributed by atoms with Gasteiger partial charge in [0.25, 0.3) is 11.5 Å². The summed E-state index contributed by atoms with van der Waals surface area (Å²) in [4.78, 5) is 34.1. The van der Waals surface area contributed by atoms with Crippen molar-refractivity contribution in [2.24, 2.45) is 0 Å². The van der Waals surface area contributed by atoms with E-state index in [1.54, 1.807) is 0 Å². The summed E-state index contributed by atoms with van der Waals surface area (Å²) in [5.41, 5.74) is 8.18. The third-order valence-electron chi connectivity index (χ3n) is 7.45. The molecule has 3 N–H and O–H groups in total. The molecule has 3 aromatic heterocycles. The predicted molar refractivity (Wildman–Crippen MR) is 154 cm³/mol. The highest BCUT2D eigenvalue weighted by molar-refractivity contribution is 6.09. The van der Waals surface area contributed by atoms with Crippen molar-refractivity contribution >= 4 is 22.6 Å². The van der Waals surface area contributed by atoms with E-state index in [-0.39, 0.29) is 24.1 Å². The van der Waals surface area contributed by atoms with Crippen LogP contribution in [0.1, 0.15) is 78.0 Å². The largest absolute Gasteiger partial charge is 0.370 e. The first-order valence-electron chi connectivity index (χ1n) is 13.6.